The predicted octanol–water partition coefficient (Wildman–Crippen LogP) is -6.92. The summed E-state index contributed by atoms with van der Waals surface area (Å²) in [7, 11) is 1.20. The highest BCUT2D eigenvalue weighted by atomic mass is 16.7. The Bertz CT molecular complexity index is 638. The molecule has 35 heavy (non-hydrogen) atoms. The van der Waals surface area contributed by atoms with Gasteiger partial charge in [0.05, 0.1) is 19.8 Å². The zero-order valence-electron chi connectivity index (χ0n) is 18.7. The van der Waals surface area contributed by atoms with Crippen molar-refractivity contribution in [2.24, 2.45) is 0 Å². The van der Waals surface area contributed by atoms with Crippen LogP contribution in [-0.2, 0) is 28.4 Å². The molecule has 3 rings (SSSR count). The van der Waals surface area contributed by atoms with E-state index in [9.17, 15) is 51.1 Å². The van der Waals surface area contributed by atoms with Gasteiger partial charge in [0.2, 0.25) is 0 Å². The average molecular weight is 518 g/mol. The van der Waals surface area contributed by atoms with Gasteiger partial charge in [-0.25, -0.2) is 0 Å². The van der Waals surface area contributed by atoms with Crippen LogP contribution < -0.4 is 0 Å². The van der Waals surface area contributed by atoms with E-state index in [0.29, 0.717) is 0 Å². The van der Waals surface area contributed by atoms with Gasteiger partial charge in [-0.05, 0) is 0 Å². The third-order valence-corrected chi connectivity index (χ3v) is 6.29. The molecule has 0 bridgehead atoms. The highest BCUT2D eigenvalue weighted by Crippen LogP contribution is 2.30. The summed E-state index contributed by atoms with van der Waals surface area (Å²) in [5, 5.41) is 100. The molecule has 0 aromatic heterocycles. The van der Waals surface area contributed by atoms with E-state index in [0.717, 1.165) is 0 Å². The summed E-state index contributed by atoms with van der Waals surface area (Å²) < 4.78 is 31.7. The highest BCUT2D eigenvalue weighted by Gasteiger charge is 2.51. The van der Waals surface area contributed by atoms with Gasteiger partial charge in [-0.2, -0.15) is 0 Å². The number of aliphatic hydroxyl groups is 10. The van der Waals surface area contributed by atoms with Crippen molar-refractivity contribution in [3.63, 3.8) is 0 Å². The van der Waals surface area contributed by atoms with Crippen LogP contribution >= 0.6 is 0 Å². The molecule has 3 fully saturated rings. The molecule has 0 aromatic rings. The molecule has 3 saturated heterocycles. The number of aliphatic hydroxyl groups excluding tert-OH is 10. The van der Waals surface area contributed by atoms with Gasteiger partial charge in [-0.3, -0.25) is 0 Å². The van der Waals surface area contributed by atoms with E-state index < -0.39 is 112 Å². The summed E-state index contributed by atoms with van der Waals surface area (Å²) in [5.41, 5.74) is 0. The second-order valence-corrected chi connectivity index (χ2v) is 8.59. The molecule has 0 amide bonds. The Morgan fingerprint density at radius 3 is 1.60 bits per heavy atom. The van der Waals surface area contributed by atoms with Crippen molar-refractivity contribution in [1.29, 1.82) is 0 Å². The fourth-order valence-corrected chi connectivity index (χ4v) is 4.13. The third-order valence-electron chi connectivity index (χ3n) is 6.29. The van der Waals surface area contributed by atoms with Gasteiger partial charge in [0.25, 0.3) is 0 Å². The minimum absolute atomic E-state index is 0.591. The van der Waals surface area contributed by atoms with Crippen LogP contribution in [0.4, 0.5) is 0 Å². The minimum Gasteiger partial charge on any atom is -0.394 e. The third kappa shape index (κ3) is 5.93. The van der Waals surface area contributed by atoms with Crippen LogP contribution in [0.3, 0.4) is 0 Å². The molecule has 16 nitrogen and oxygen atoms in total. The Labute approximate surface area is 199 Å². The number of ether oxygens (including phenoxy) is 6. The SMILES string of the molecule is COC1OC(CO)C(O)C(OC2OC(COC3OC(CO)C(O)C(O)C3O)C(O)C(O)C2O)C1O. The summed E-state index contributed by atoms with van der Waals surface area (Å²) >= 11 is 0. The minimum atomic E-state index is -1.84. The molecular weight excluding hydrogens is 484 g/mol. The van der Waals surface area contributed by atoms with Crippen LogP contribution in [0.1, 0.15) is 0 Å². The second-order valence-electron chi connectivity index (χ2n) is 8.59. The van der Waals surface area contributed by atoms with E-state index in [1.165, 1.54) is 7.11 Å². The molecule has 206 valence electrons. The van der Waals surface area contributed by atoms with Crippen LogP contribution in [0.15, 0.2) is 0 Å². The lowest BCUT2D eigenvalue weighted by atomic mass is 9.97. The van der Waals surface area contributed by atoms with Crippen LogP contribution in [0.25, 0.3) is 0 Å². The summed E-state index contributed by atoms with van der Waals surface area (Å²) in [6, 6.07) is 0. The van der Waals surface area contributed by atoms with Gasteiger partial charge in [0, 0.05) is 7.11 Å². The van der Waals surface area contributed by atoms with E-state index in [-0.39, 0.29) is 0 Å². The number of rotatable bonds is 8. The Kier molecular flexibility index (Phi) is 10.1. The average Bonchev–Trinajstić information content (AvgIpc) is 2.85. The van der Waals surface area contributed by atoms with Crippen LogP contribution in [0.5, 0.6) is 0 Å². The standard InChI is InChI=1S/C19H34O16/c1-30-17-15(29)16(10(24)6(3-21)32-17)35-19-14(28)12(26)9(23)7(34-19)4-31-18-13(27)11(25)8(22)5(2-20)33-18/h5-29H,2-4H2,1H3. The van der Waals surface area contributed by atoms with Crippen molar-refractivity contribution >= 4 is 0 Å². The molecule has 0 aromatic carbocycles. The fourth-order valence-electron chi connectivity index (χ4n) is 4.13. The quantitative estimate of drug-likeness (QED) is 0.143. The molecule has 3 aliphatic heterocycles. The van der Waals surface area contributed by atoms with Gasteiger partial charge in [0.15, 0.2) is 18.9 Å². The summed E-state index contributed by atoms with van der Waals surface area (Å²) in [5.74, 6) is 0. The van der Waals surface area contributed by atoms with Crippen molar-refractivity contribution in [1.82, 2.24) is 0 Å². The molecule has 15 unspecified atom stereocenters. The molecule has 16 heteroatoms. The summed E-state index contributed by atoms with van der Waals surface area (Å²) in [6.45, 7) is -1.94. The van der Waals surface area contributed by atoms with E-state index in [1.54, 1.807) is 0 Å². The lowest BCUT2D eigenvalue weighted by molar-refractivity contribution is -0.364. The van der Waals surface area contributed by atoms with Crippen molar-refractivity contribution in [3.8, 4) is 0 Å². The topological polar surface area (TPSA) is 258 Å². The van der Waals surface area contributed by atoms with E-state index in [4.69, 9.17) is 28.4 Å². The number of hydrogen-bond acceptors (Lipinski definition) is 16. The summed E-state index contributed by atoms with van der Waals surface area (Å²) in [6.07, 6.45) is -23.6. The second kappa shape index (κ2) is 12.3. The Morgan fingerprint density at radius 1 is 0.543 bits per heavy atom. The van der Waals surface area contributed by atoms with E-state index in [2.05, 4.69) is 0 Å². The van der Waals surface area contributed by atoms with Crippen LogP contribution in [0.2, 0.25) is 0 Å². The molecule has 15 atom stereocenters. The van der Waals surface area contributed by atoms with Crippen LogP contribution in [0, 0.1) is 0 Å². The molecule has 10 N–H and O–H groups in total. The Morgan fingerprint density at radius 2 is 1.03 bits per heavy atom. The normalized spacial score (nSPS) is 51.3. The largest absolute Gasteiger partial charge is 0.394 e. The maximum Gasteiger partial charge on any atom is 0.187 e. The molecule has 3 heterocycles. The van der Waals surface area contributed by atoms with Crippen molar-refractivity contribution < 1.29 is 79.5 Å². The molecule has 0 radical (unpaired) electrons. The maximum absolute atomic E-state index is 10.4. The zero-order chi connectivity index (χ0) is 26.0. The van der Waals surface area contributed by atoms with Gasteiger partial charge >= 0.3 is 0 Å². The van der Waals surface area contributed by atoms with E-state index >= 15 is 0 Å². The number of methoxy groups -OCH3 is 1. The van der Waals surface area contributed by atoms with Gasteiger partial charge < -0.3 is 79.5 Å². The van der Waals surface area contributed by atoms with Crippen molar-refractivity contribution in [2.45, 2.75) is 92.1 Å². The van der Waals surface area contributed by atoms with Crippen LogP contribution in [-0.4, -0.2) is 170 Å². The predicted molar refractivity (Wildman–Crippen MR) is 106 cm³/mol. The number of hydrogen-bond donors (Lipinski definition) is 10. The first-order chi connectivity index (χ1) is 16.5. The molecular formula is C19H34O16. The fraction of sp³-hybridized carbons (Fsp3) is 1.00. The van der Waals surface area contributed by atoms with Crippen molar-refractivity contribution in [3.05, 3.63) is 0 Å². The molecule has 0 aliphatic carbocycles. The molecule has 0 saturated carbocycles. The summed E-state index contributed by atoms with van der Waals surface area (Å²) in [4.78, 5) is 0. The Balaban J connectivity index is 1.68. The van der Waals surface area contributed by atoms with Crippen molar-refractivity contribution in [2.75, 3.05) is 26.9 Å². The first-order valence-corrected chi connectivity index (χ1v) is 11.0. The monoisotopic (exact) mass is 518 g/mol. The zero-order valence-corrected chi connectivity index (χ0v) is 18.7. The first-order valence-electron chi connectivity index (χ1n) is 11.0. The highest BCUT2D eigenvalue weighted by molar-refractivity contribution is 4.94. The van der Waals surface area contributed by atoms with Gasteiger partial charge in [0.1, 0.15) is 73.2 Å². The Hall–Kier alpha value is -0.640. The van der Waals surface area contributed by atoms with Gasteiger partial charge in [-0.1, -0.05) is 0 Å². The first kappa shape index (κ1) is 28.9. The smallest absolute Gasteiger partial charge is 0.187 e. The van der Waals surface area contributed by atoms with E-state index in [1.807, 2.05) is 0 Å². The lowest BCUT2D eigenvalue weighted by Crippen LogP contribution is -2.65. The lowest BCUT2D eigenvalue weighted by Gasteiger charge is -2.46. The van der Waals surface area contributed by atoms with Gasteiger partial charge in [-0.15, -0.1) is 0 Å². The molecule has 0 spiro atoms. The maximum atomic E-state index is 10.4. The molecule has 3 aliphatic rings.